The molecule has 88 valence electrons. The SMILES string of the molecule is CCOC(=O)CNCc1ccc(F)c(F)c1. The van der Waals surface area contributed by atoms with Crippen molar-refractivity contribution in [2.24, 2.45) is 0 Å². The maximum Gasteiger partial charge on any atom is 0.319 e. The summed E-state index contributed by atoms with van der Waals surface area (Å²) in [6.45, 7) is 2.38. The number of carbonyl (C=O) groups is 1. The van der Waals surface area contributed by atoms with Crippen molar-refractivity contribution in [2.45, 2.75) is 13.5 Å². The fraction of sp³-hybridized carbons (Fsp3) is 0.364. The lowest BCUT2D eigenvalue weighted by molar-refractivity contribution is -0.142. The zero-order valence-corrected chi connectivity index (χ0v) is 8.93. The van der Waals surface area contributed by atoms with Crippen LogP contribution in [0.15, 0.2) is 18.2 Å². The van der Waals surface area contributed by atoms with E-state index in [1.165, 1.54) is 6.07 Å². The summed E-state index contributed by atoms with van der Waals surface area (Å²) in [6.07, 6.45) is 0. The Bertz CT molecular complexity index is 369. The van der Waals surface area contributed by atoms with Gasteiger partial charge in [-0.1, -0.05) is 6.07 Å². The molecule has 0 saturated carbocycles. The highest BCUT2D eigenvalue weighted by atomic mass is 19.2. The fourth-order valence-electron chi connectivity index (χ4n) is 1.17. The number of carbonyl (C=O) groups excluding carboxylic acids is 1. The number of hydrogen-bond donors (Lipinski definition) is 1. The Morgan fingerprint density at radius 3 is 2.75 bits per heavy atom. The van der Waals surface area contributed by atoms with Gasteiger partial charge in [0.1, 0.15) is 0 Å². The molecule has 1 aromatic carbocycles. The topological polar surface area (TPSA) is 38.3 Å². The van der Waals surface area contributed by atoms with Gasteiger partial charge in [0, 0.05) is 6.54 Å². The maximum atomic E-state index is 12.8. The predicted octanol–water partition coefficient (Wildman–Crippen LogP) is 1.62. The molecule has 0 bridgehead atoms. The Morgan fingerprint density at radius 2 is 2.12 bits per heavy atom. The summed E-state index contributed by atoms with van der Waals surface area (Å²) in [7, 11) is 0. The first kappa shape index (κ1) is 12.6. The predicted molar refractivity (Wildman–Crippen MR) is 54.7 cm³/mol. The summed E-state index contributed by atoms with van der Waals surface area (Å²) in [5.74, 6) is -2.14. The van der Waals surface area contributed by atoms with Gasteiger partial charge < -0.3 is 10.1 Å². The van der Waals surface area contributed by atoms with Gasteiger partial charge in [0.2, 0.25) is 0 Å². The van der Waals surface area contributed by atoms with E-state index in [4.69, 9.17) is 0 Å². The van der Waals surface area contributed by atoms with Crippen LogP contribution >= 0.6 is 0 Å². The molecule has 16 heavy (non-hydrogen) atoms. The Morgan fingerprint density at radius 1 is 1.38 bits per heavy atom. The first-order chi connectivity index (χ1) is 7.63. The Hall–Kier alpha value is -1.49. The quantitative estimate of drug-likeness (QED) is 0.780. The molecule has 0 amide bonds. The fourth-order valence-corrected chi connectivity index (χ4v) is 1.17. The van der Waals surface area contributed by atoms with Crippen molar-refractivity contribution in [2.75, 3.05) is 13.2 Å². The van der Waals surface area contributed by atoms with Gasteiger partial charge in [-0.2, -0.15) is 0 Å². The zero-order chi connectivity index (χ0) is 12.0. The number of nitrogens with one attached hydrogen (secondary N) is 1. The van der Waals surface area contributed by atoms with Crippen molar-refractivity contribution >= 4 is 5.97 Å². The van der Waals surface area contributed by atoms with E-state index in [-0.39, 0.29) is 19.1 Å². The third kappa shape index (κ3) is 3.94. The van der Waals surface area contributed by atoms with Gasteiger partial charge in [0.25, 0.3) is 0 Å². The summed E-state index contributed by atoms with van der Waals surface area (Å²) in [6, 6.07) is 3.60. The highest BCUT2D eigenvalue weighted by molar-refractivity contribution is 5.71. The van der Waals surface area contributed by atoms with E-state index >= 15 is 0 Å². The van der Waals surface area contributed by atoms with E-state index in [0.717, 1.165) is 12.1 Å². The molecule has 0 spiro atoms. The van der Waals surface area contributed by atoms with Crippen molar-refractivity contribution in [3.8, 4) is 0 Å². The number of esters is 1. The molecule has 0 saturated heterocycles. The van der Waals surface area contributed by atoms with Crippen LogP contribution in [0.3, 0.4) is 0 Å². The minimum Gasteiger partial charge on any atom is -0.465 e. The van der Waals surface area contributed by atoms with Crippen molar-refractivity contribution in [3.63, 3.8) is 0 Å². The van der Waals surface area contributed by atoms with Crippen LogP contribution < -0.4 is 5.32 Å². The molecular formula is C11H13F2NO2. The third-order valence-electron chi connectivity index (χ3n) is 1.89. The summed E-state index contributed by atoms with van der Waals surface area (Å²) in [5, 5.41) is 2.77. The largest absolute Gasteiger partial charge is 0.465 e. The first-order valence-corrected chi connectivity index (χ1v) is 4.93. The molecule has 0 heterocycles. The monoisotopic (exact) mass is 229 g/mol. The van der Waals surface area contributed by atoms with Gasteiger partial charge in [0.15, 0.2) is 11.6 Å². The second-order valence-electron chi connectivity index (χ2n) is 3.16. The van der Waals surface area contributed by atoms with Crippen LogP contribution in [0.4, 0.5) is 8.78 Å². The molecule has 0 aliphatic rings. The van der Waals surface area contributed by atoms with Crippen molar-refractivity contribution in [1.29, 1.82) is 0 Å². The lowest BCUT2D eigenvalue weighted by atomic mass is 10.2. The van der Waals surface area contributed by atoms with Crippen LogP contribution in [0.5, 0.6) is 0 Å². The molecule has 1 rings (SSSR count). The molecule has 0 unspecified atom stereocenters. The van der Waals surface area contributed by atoms with E-state index in [9.17, 15) is 13.6 Å². The smallest absolute Gasteiger partial charge is 0.319 e. The zero-order valence-electron chi connectivity index (χ0n) is 8.93. The van der Waals surface area contributed by atoms with Crippen LogP contribution in [0.2, 0.25) is 0 Å². The highest BCUT2D eigenvalue weighted by Gasteiger charge is 2.04. The second-order valence-corrected chi connectivity index (χ2v) is 3.16. The molecule has 3 nitrogen and oxygen atoms in total. The number of halogens is 2. The van der Waals surface area contributed by atoms with E-state index < -0.39 is 11.6 Å². The van der Waals surface area contributed by atoms with Gasteiger partial charge >= 0.3 is 5.97 Å². The molecular weight excluding hydrogens is 216 g/mol. The standard InChI is InChI=1S/C11H13F2NO2/c1-2-16-11(15)7-14-6-8-3-4-9(12)10(13)5-8/h3-5,14H,2,6-7H2,1H3. The van der Waals surface area contributed by atoms with Gasteiger partial charge in [-0.05, 0) is 24.6 Å². The molecule has 0 aromatic heterocycles. The van der Waals surface area contributed by atoms with Gasteiger partial charge in [-0.15, -0.1) is 0 Å². The summed E-state index contributed by atoms with van der Waals surface area (Å²) in [5.41, 5.74) is 0.572. The molecule has 0 atom stereocenters. The van der Waals surface area contributed by atoms with Crippen molar-refractivity contribution < 1.29 is 18.3 Å². The molecule has 1 N–H and O–H groups in total. The normalized spacial score (nSPS) is 10.2. The molecule has 0 aliphatic heterocycles. The van der Waals surface area contributed by atoms with Gasteiger partial charge in [0.05, 0.1) is 13.2 Å². The summed E-state index contributed by atoms with van der Waals surface area (Å²) < 4.78 is 30.1. The van der Waals surface area contributed by atoms with E-state index in [1.54, 1.807) is 6.92 Å². The molecule has 0 fully saturated rings. The molecule has 0 aliphatic carbocycles. The average molecular weight is 229 g/mol. The average Bonchev–Trinajstić information content (AvgIpc) is 2.24. The van der Waals surface area contributed by atoms with Crippen LogP contribution in [-0.4, -0.2) is 19.1 Å². The Balaban J connectivity index is 2.37. The lowest BCUT2D eigenvalue weighted by Crippen LogP contribution is -2.24. The first-order valence-electron chi connectivity index (χ1n) is 4.93. The summed E-state index contributed by atoms with van der Waals surface area (Å²) in [4.78, 5) is 10.9. The van der Waals surface area contributed by atoms with E-state index in [1.807, 2.05) is 0 Å². The Labute approximate surface area is 92.4 Å². The third-order valence-corrected chi connectivity index (χ3v) is 1.89. The van der Waals surface area contributed by atoms with Crippen LogP contribution in [0, 0.1) is 11.6 Å². The lowest BCUT2D eigenvalue weighted by Gasteiger charge is -2.05. The van der Waals surface area contributed by atoms with Gasteiger partial charge in [-0.3, -0.25) is 4.79 Å². The number of ether oxygens (including phenoxy) is 1. The highest BCUT2D eigenvalue weighted by Crippen LogP contribution is 2.08. The Kier molecular flexibility index (Phi) is 4.85. The maximum absolute atomic E-state index is 12.8. The summed E-state index contributed by atoms with van der Waals surface area (Å²) >= 11 is 0. The molecule has 1 aromatic rings. The van der Waals surface area contributed by atoms with Crippen LogP contribution in [-0.2, 0) is 16.1 Å². The second kappa shape index (κ2) is 6.17. The van der Waals surface area contributed by atoms with Crippen LogP contribution in [0.1, 0.15) is 12.5 Å². The molecule has 5 heteroatoms. The number of benzene rings is 1. The van der Waals surface area contributed by atoms with E-state index in [0.29, 0.717) is 12.2 Å². The van der Waals surface area contributed by atoms with Crippen molar-refractivity contribution in [3.05, 3.63) is 35.4 Å². The van der Waals surface area contributed by atoms with E-state index in [2.05, 4.69) is 10.1 Å². The number of rotatable bonds is 5. The van der Waals surface area contributed by atoms with Gasteiger partial charge in [-0.25, -0.2) is 8.78 Å². The number of hydrogen-bond acceptors (Lipinski definition) is 3. The van der Waals surface area contributed by atoms with Crippen molar-refractivity contribution in [1.82, 2.24) is 5.32 Å². The van der Waals surface area contributed by atoms with Crippen LogP contribution in [0.25, 0.3) is 0 Å². The minimum atomic E-state index is -0.893. The molecule has 0 radical (unpaired) electrons. The minimum absolute atomic E-state index is 0.0484.